The number of anilines is 1. The second kappa shape index (κ2) is 5.88. The van der Waals surface area contributed by atoms with Gasteiger partial charge in [-0.15, -0.1) is 11.3 Å². The van der Waals surface area contributed by atoms with Gasteiger partial charge in [-0.05, 0) is 48.4 Å². The maximum Gasteiger partial charge on any atom is 0.231 e. The molecule has 1 aliphatic heterocycles. The SMILES string of the molecule is CC1CCc2c(sc3ncnc(NCc4ccc5c(c4)OCO5)c23)C1. The topological polar surface area (TPSA) is 56.3 Å². The van der Waals surface area contributed by atoms with Gasteiger partial charge in [-0.2, -0.15) is 0 Å². The molecule has 0 saturated carbocycles. The summed E-state index contributed by atoms with van der Waals surface area (Å²) in [6, 6.07) is 6.05. The van der Waals surface area contributed by atoms with Gasteiger partial charge in [0.15, 0.2) is 11.5 Å². The van der Waals surface area contributed by atoms with E-state index in [0.29, 0.717) is 13.3 Å². The summed E-state index contributed by atoms with van der Waals surface area (Å²) in [5, 5.41) is 4.72. The number of ether oxygens (including phenoxy) is 2. The van der Waals surface area contributed by atoms with Crippen molar-refractivity contribution < 1.29 is 9.47 Å². The van der Waals surface area contributed by atoms with Gasteiger partial charge in [0.1, 0.15) is 17.0 Å². The van der Waals surface area contributed by atoms with Crippen LogP contribution in [0.2, 0.25) is 0 Å². The molecule has 1 N–H and O–H groups in total. The number of nitrogens with one attached hydrogen (secondary N) is 1. The third-order valence-electron chi connectivity index (χ3n) is 4.99. The zero-order chi connectivity index (χ0) is 16.8. The molecule has 0 spiro atoms. The van der Waals surface area contributed by atoms with Crippen LogP contribution in [0.15, 0.2) is 24.5 Å². The summed E-state index contributed by atoms with van der Waals surface area (Å²) in [6.45, 7) is 3.33. The van der Waals surface area contributed by atoms with Crippen LogP contribution in [0.1, 0.15) is 29.3 Å². The highest BCUT2D eigenvalue weighted by Gasteiger charge is 2.23. The van der Waals surface area contributed by atoms with Gasteiger partial charge in [0, 0.05) is 11.4 Å². The van der Waals surface area contributed by atoms with Crippen LogP contribution in [0.25, 0.3) is 10.2 Å². The van der Waals surface area contributed by atoms with Gasteiger partial charge in [-0.1, -0.05) is 13.0 Å². The Labute approximate surface area is 150 Å². The lowest BCUT2D eigenvalue weighted by Crippen LogP contribution is -2.09. The summed E-state index contributed by atoms with van der Waals surface area (Å²) >= 11 is 1.83. The fourth-order valence-corrected chi connectivity index (χ4v) is 5.00. The number of hydrogen-bond donors (Lipinski definition) is 1. The lowest BCUT2D eigenvalue weighted by molar-refractivity contribution is 0.174. The molecule has 0 amide bonds. The lowest BCUT2D eigenvalue weighted by Gasteiger charge is -2.18. The van der Waals surface area contributed by atoms with E-state index in [4.69, 9.17) is 9.47 Å². The molecule has 5 rings (SSSR count). The average Bonchev–Trinajstić information content (AvgIpc) is 3.22. The van der Waals surface area contributed by atoms with Crippen LogP contribution in [-0.4, -0.2) is 16.8 Å². The predicted octanol–water partition coefficient (Wildman–Crippen LogP) is 4.16. The molecule has 1 unspecified atom stereocenters. The first-order chi connectivity index (χ1) is 12.3. The van der Waals surface area contributed by atoms with Crippen LogP contribution in [0.3, 0.4) is 0 Å². The zero-order valence-corrected chi connectivity index (χ0v) is 14.9. The maximum absolute atomic E-state index is 5.46. The highest BCUT2D eigenvalue weighted by Crippen LogP contribution is 2.40. The standard InChI is InChI=1S/C19H19N3O2S/c1-11-2-4-13-16(6-11)25-19-17(13)18(21-9-22-19)20-8-12-3-5-14-15(7-12)24-10-23-14/h3,5,7,9,11H,2,4,6,8,10H2,1H3,(H,20,21,22). The Morgan fingerprint density at radius 3 is 3.12 bits per heavy atom. The number of thiophene rings is 1. The van der Waals surface area contributed by atoms with Crippen LogP contribution < -0.4 is 14.8 Å². The molecule has 128 valence electrons. The van der Waals surface area contributed by atoms with Crippen molar-refractivity contribution in [2.45, 2.75) is 32.7 Å². The third-order valence-corrected chi connectivity index (χ3v) is 6.15. The zero-order valence-electron chi connectivity index (χ0n) is 14.0. The molecular formula is C19H19N3O2S. The van der Waals surface area contributed by atoms with Crippen LogP contribution in [0.5, 0.6) is 11.5 Å². The first-order valence-corrected chi connectivity index (χ1v) is 9.47. The van der Waals surface area contributed by atoms with E-state index < -0.39 is 0 Å². The summed E-state index contributed by atoms with van der Waals surface area (Å²) < 4.78 is 10.8. The molecule has 0 fully saturated rings. The Hall–Kier alpha value is -2.34. The molecule has 1 atom stereocenters. The number of aromatic nitrogens is 2. The summed E-state index contributed by atoms with van der Waals surface area (Å²) in [4.78, 5) is 11.6. The Morgan fingerprint density at radius 2 is 2.16 bits per heavy atom. The number of benzene rings is 1. The minimum absolute atomic E-state index is 0.304. The van der Waals surface area contributed by atoms with E-state index in [1.54, 1.807) is 6.33 Å². The third kappa shape index (κ3) is 2.61. The van der Waals surface area contributed by atoms with Crippen LogP contribution in [0.4, 0.5) is 5.82 Å². The molecule has 1 aromatic carbocycles. The summed E-state index contributed by atoms with van der Waals surface area (Å²) in [6.07, 6.45) is 5.20. The van der Waals surface area contributed by atoms with Gasteiger partial charge in [0.25, 0.3) is 0 Å². The Bertz CT molecular complexity index is 953. The predicted molar refractivity (Wildman–Crippen MR) is 98.5 cm³/mol. The first-order valence-electron chi connectivity index (χ1n) is 8.65. The largest absolute Gasteiger partial charge is 0.454 e. The van der Waals surface area contributed by atoms with Crippen molar-refractivity contribution in [3.05, 3.63) is 40.5 Å². The molecule has 0 saturated heterocycles. The van der Waals surface area contributed by atoms with Crippen LogP contribution >= 0.6 is 11.3 Å². The molecule has 25 heavy (non-hydrogen) atoms. The summed E-state index contributed by atoms with van der Waals surface area (Å²) in [5.41, 5.74) is 2.60. The smallest absolute Gasteiger partial charge is 0.231 e. The number of hydrogen-bond acceptors (Lipinski definition) is 6. The minimum atomic E-state index is 0.304. The van der Waals surface area contributed by atoms with Gasteiger partial charge in [0.05, 0.1) is 5.39 Å². The van der Waals surface area contributed by atoms with E-state index in [-0.39, 0.29) is 0 Å². The van der Waals surface area contributed by atoms with E-state index >= 15 is 0 Å². The van der Waals surface area contributed by atoms with Gasteiger partial charge >= 0.3 is 0 Å². The van der Waals surface area contributed by atoms with E-state index in [0.717, 1.165) is 46.5 Å². The van der Waals surface area contributed by atoms with Crippen molar-refractivity contribution in [2.24, 2.45) is 5.92 Å². The molecule has 0 radical (unpaired) electrons. The molecule has 3 heterocycles. The lowest BCUT2D eigenvalue weighted by atomic mass is 9.89. The highest BCUT2D eigenvalue weighted by atomic mass is 32.1. The van der Waals surface area contributed by atoms with Crippen LogP contribution in [-0.2, 0) is 19.4 Å². The van der Waals surface area contributed by atoms with Crippen molar-refractivity contribution in [3.63, 3.8) is 0 Å². The number of nitrogens with zero attached hydrogens (tertiary/aromatic N) is 2. The van der Waals surface area contributed by atoms with E-state index in [9.17, 15) is 0 Å². The second-order valence-electron chi connectivity index (χ2n) is 6.80. The summed E-state index contributed by atoms with van der Waals surface area (Å²) in [7, 11) is 0. The number of aryl methyl sites for hydroxylation is 1. The molecule has 2 aliphatic rings. The van der Waals surface area contributed by atoms with Gasteiger partial charge in [0.2, 0.25) is 6.79 Å². The maximum atomic E-state index is 5.46. The Kier molecular flexibility index (Phi) is 3.52. The van der Waals surface area contributed by atoms with E-state index in [1.165, 1.54) is 22.2 Å². The first kappa shape index (κ1) is 15.0. The van der Waals surface area contributed by atoms with Gasteiger partial charge in [-0.3, -0.25) is 0 Å². The van der Waals surface area contributed by atoms with Crippen molar-refractivity contribution in [1.82, 2.24) is 9.97 Å². The molecule has 6 heteroatoms. The molecule has 5 nitrogen and oxygen atoms in total. The average molecular weight is 353 g/mol. The number of fused-ring (bicyclic) bond motifs is 4. The molecule has 0 bridgehead atoms. The molecule has 3 aromatic rings. The van der Waals surface area contributed by atoms with E-state index in [1.807, 2.05) is 23.5 Å². The minimum Gasteiger partial charge on any atom is -0.454 e. The van der Waals surface area contributed by atoms with E-state index in [2.05, 4.69) is 28.3 Å². The Balaban J connectivity index is 1.45. The Morgan fingerprint density at radius 1 is 1.24 bits per heavy atom. The quantitative estimate of drug-likeness (QED) is 0.766. The second-order valence-corrected chi connectivity index (χ2v) is 7.88. The van der Waals surface area contributed by atoms with Gasteiger partial charge < -0.3 is 14.8 Å². The molecule has 1 aliphatic carbocycles. The normalized spacial score (nSPS) is 18.4. The van der Waals surface area contributed by atoms with Crippen LogP contribution in [0, 0.1) is 5.92 Å². The fraction of sp³-hybridized carbons (Fsp3) is 0.368. The van der Waals surface area contributed by atoms with Crippen molar-refractivity contribution in [1.29, 1.82) is 0 Å². The molecule has 2 aromatic heterocycles. The monoisotopic (exact) mass is 353 g/mol. The highest BCUT2D eigenvalue weighted by molar-refractivity contribution is 7.19. The fourth-order valence-electron chi connectivity index (χ4n) is 3.65. The van der Waals surface area contributed by atoms with Crippen molar-refractivity contribution in [3.8, 4) is 11.5 Å². The number of rotatable bonds is 3. The van der Waals surface area contributed by atoms with Gasteiger partial charge in [-0.25, -0.2) is 9.97 Å². The van der Waals surface area contributed by atoms with Crippen molar-refractivity contribution >= 4 is 27.4 Å². The molecular weight excluding hydrogens is 334 g/mol. The summed E-state index contributed by atoms with van der Waals surface area (Å²) in [5.74, 6) is 3.33. The van der Waals surface area contributed by atoms with Crippen molar-refractivity contribution in [2.75, 3.05) is 12.1 Å².